The second kappa shape index (κ2) is 8.98. The molecule has 3 amide bonds. The van der Waals surface area contributed by atoms with Gasteiger partial charge in [0.2, 0.25) is 5.91 Å². The molecule has 1 aromatic rings. The molecule has 8 heteroatoms. The third kappa shape index (κ3) is 5.30. The quantitative estimate of drug-likeness (QED) is 0.558. The van der Waals surface area contributed by atoms with Crippen LogP contribution in [0.2, 0.25) is 0 Å². The molecule has 0 aromatic heterocycles. The number of carbonyl (C=O) groups is 4. The molecular weight excluding hydrogens is 340 g/mol. The number of ether oxygens (including phenoxy) is 2. The molecule has 26 heavy (non-hydrogen) atoms. The topological polar surface area (TPSA) is 111 Å². The third-order valence-corrected chi connectivity index (χ3v) is 4.14. The highest BCUT2D eigenvalue weighted by molar-refractivity contribution is 6.05. The van der Waals surface area contributed by atoms with Gasteiger partial charge in [-0.05, 0) is 11.5 Å². The molecule has 0 aliphatic carbocycles. The second-order valence-electron chi connectivity index (χ2n) is 6.11. The molecule has 0 spiro atoms. The Kier molecular flexibility index (Phi) is 6.71. The molecule has 140 valence electrons. The maximum atomic E-state index is 12.4. The van der Waals surface area contributed by atoms with Crippen molar-refractivity contribution < 1.29 is 28.7 Å². The van der Waals surface area contributed by atoms with Gasteiger partial charge in [0, 0.05) is 0 Å². The Morgan fingerprint density at radius 1 is 1.27 bits per heavy atom. The Labute approximate surface area is 151 Å². The van der Waals surface area contributed by atoms with Crippen LogP contribution in [-0.2, 0) is 30.5 Å². The fourth-order valence-electron chi connectivity index (χ4n) is 2.40. The molecule has 2 N–H and O–H groups in total. The van der Waals surface area contributed by atoms with Crippen molar-refractivity contribution in [1.29, 1.82) is 0 Å². The van der Waals surface area contributed by atoms with Crippen LogP contribution >= 0.6 is 0 Å². The van der Waals surface area contributed by atoms with Gasteiger partial charge >= 0.3 is 12.1 Å². The fraction of sp³-hybridized carbons (Fsp3) is 0.444. The van der Waals surface area contributed by atoms with E-state index in [0.717, 1.165) is 5.56 Å². The monoisotopic (exact) mass is 362 g/mol. The highest BCUT2D eigenvalue weighted by Crippen LogP contribution is 2.14. The molecule has 0 unspecified atom stereocenters. The lowest BCUT2D eigenvalue weighted by atomic mass is 9.99. The van der Waals surface area contributed by atoms with Gasteiger partial charge < -0.3 is 14.8 Å². The Balaban J connectivity index is 1.93. The van der Waals surface area contributed by atoms with E-state index >= 15 is 0 Å². The zero-order valence-electron chi connectivity index (χ0n) is 14.7. The standard InChI is InChI=1S/C18H22N2O6/c1-3-11(2)15(17(23)26-13-9-14(21)19-16(13)22)20-18(24)25-10-12-7-5-4-6-8-12/h4-8,11,13,15H,3,9-10H2,1-2H3,(H,20,24)(H,19,21,22)/t11-,13+,15+/m0/s1. The van der Waals surface area contributed by atoms with E-state index in [2.05, 4.69) is 10.6 Å². The smallest absolute Gasteiger partial charge is 0.408 e. The van der Waals surface area contributed by atoms with Gasteiger partial charge in [0.15, 0.2) is 6.10 Å². The molecule has 1 aromatic carbocycles. The first-order valence-electron chi connectivity index (χ1n) is 8.42. The third-order valence-electron chi connectivity index (χ3n) is 4.14. The van der Waals surface area contributed by atoms with E-state index in [9.17, 15) is 19.2 Å². The van der Waals surface area contributed by atoms with Crippen molar-refractivity contribution in [3.63, 3.8) is 0 Å². The first-order valence-corrected chi connectivity index (χ1v) is 8.42. The molecule has 1 aliphatic rings. The summed E-state index contributed by atoms with van der Waals surface area (Å²) < 4.78 is 10.2. The number of carbonyl (C=O) groups excluding carboxylic acids is 4. The van der Waals surface area contributed by atoms with Gasteiger partial charge in [0.05, 0.1) is 6.42 Å². The molecule has 1 saturated heterocycles. The summed E-state index contributed by atoms with van der Waals surface area (Å²) in [4.78, 5) is 47.1. The molecular formula is C18H22N2O6. The lowest BCUT2D eigenvalue weighted by Gasteiger charge is -2.23. The largest absolute Gasteiger partial charge is 0.450 e. The minimum absolute atomic E-state index is 0.0640. The molecule has 1 fully saturated rings. The van der Waals surface area contributed by atoms with Crippen LogP contribution in [0.4, 0.5) is 4.79 Å². The summed E-state index contributed by atoms with van der Waals surface area (Å²) >= 11 is 0. The number of amides is 3. The van der Waals surface area contributed by atoms with E-state index in [1.54, 1.807) is 6.92 Å². The van der Waals surface area contributed by atoms with Crippen molar-refractivity contribution in [3.05, 3.63) is 35.9 Å². The molecule has 3 atom stereocenters. The van der Waals surface area contributed by atoms with E-state index < -0.39 is 36.0 Å². The van der Waals surface area contributed by atoms with Crippen LogP contribution in [0.5, 0.6) is 0 Å². The number of hydrogen-bond acceptors (Lipinski definition) is 6. The van der Waals surface area contributed by atoms with E-state index in [0.29, 0.717) is 6.42 Å². The van der Waals surface area contributed by atoms with Gasteiger partial charge in [0.1, 0.15) is 12.6 Å². The number of alkyl carbamates (subject to hydrolysis) is 1. The zero-order valence-corrected chi connectivity index (χ0v) is 14.7. The Morgan fingerprint density at radius 2 is 1.96 bits per heavy atom. The summed E-state index contributed by atoms with van der Waals surface area (Å²) in [5.41, 5.74) is 0.812. The lowest BCUT2D eigenvalue weighted by molar-refractivity contribution is -0.157. The first kappa shape index (κ1) is 19.4. The van der Waals surface area contributed by atoms with Gasteiger partial charge in [-0.1, -0.05) is 50.6 Å². The number of esters is 1. The van der Waals surface area contributed by atoms with Crippen LogP contribution in [0.25, 0.3) is 0 Å². The summed E-state index contributed by atoms with van der Waals surface area (Å²) in [7, 11) is 0. The molecule has 8 nitrogen and oxygen atoms in total. The highest BCUT2D eigenvalue weighted by Gasteiger charge is 2.37. The van der Waals surface area contributed by atoms with E-state index in [1.807, 2.05) is 37.3 Å². The maximum Gasteiger partial charge on any atom is 0.408 e. The van der Waals surface area contributed by atoms with E-state index in [1.165, 1.54) is 0 Å². The summed E-state index contributed by atoms with van der Waals surface area (Å²) in [6.45, 7) is 3.69. The number of hydrogen-bond donors (Lipinski definition) is 2. The molecule has 1 aliphatic heterocycles. The number of rotatable bonds is 7. The predicted molar refractivity (Wildman–Crippen MR) is 90.7 cm³/mol. The van der Waals surface area contributed by atoms with Crippen LogP contribution in [0.15, 0.2) is 30.3 Å². The van der Waals surface area contributed by atoms with Crippen molar-refractivity contribution in [3.8, 4) is 0 Å². The zero-order chi connectivity index (χ0) is 19.1. The summed E-state index contributed by atoms with van der Waals surface area (Å²) in [6.07, 6.45) is -1.54. The van der Waals surface area contributed by atoms with E-state index in [4.69, 9.17) is 9.47 Å². The summed E-state index contributed by atoms with van der Waals surface area (Å²) in [5.74, 6) is -2.17. The van der Waals surface area contributed by atoms with Crippen LogP contribution < -0.4 is 10.6 Å². The van der Waals surface area contributed by atoms with Crippen LogP contribution in [0, 0.1) is 5.92 Å². The average Bonchev–Trinajstić information content (AvgIpc) is 2.95. The number of imide groups is 1. The Hall–Kier alpha value is -2.90. The molecule has 0 saturated carbocycles. The van der Waals surface area contributed by atoms with Crippen LogP contribution in [0.1, 0.15) is 32.3 Å². The first-order chi connectivity index (χ1) is 12.4. The second-order valence-corrected chi connectivity index (χ2v) is 6.11. The molecule has 1 heterocycles. The Morgan fingerprint density at radius 3 is 2.54 bits per heavy atom. The van der Waals surface area contributed by atoms with Crippen molar-refractivity contribution in [2.24, 2.45) is 5.92 Å². The molecule has 0 bridgehead atoms. The average molecular weight is 362 g/mol. The van der Waals surface area contributed by atoms with Gasteiger partial charge in [-0.2, -0.15) is 0 Å². The fourth-order valence-corrected chi connectivity index (χ4v) is 2.40. The van der Waals surface area contributed by atoms with Crippen LogP contribution in [0.3, 0.4) is 0 Å². The lowest BCUT2D eigenvalue weighted by Crippen LogP contribution is -2.47. The van der Waals surface area contributed by atoms with Crippen molar-refractivity contribution in [2.45, 2.75) is 45.4 Å². The molecule has 2 rings (SSSR count). The Bertz CT molecular complexity index is 676. The maximum absolute atomic E-state index is 12.4. The van der Waals surface area contributed by atoms with Gasteiger partial charge in [0.25, 0.3) is 5.91 Å². The minimum Gasteiger partial charge on any atom is -0.450 e. The van der Waals surface area contributed by atoms with Crippen molar-refractivity contribution in [1.82, 2.24) is 10.6 Å². The SMILES string of the molecule is CC[C@H](C)[C@@H](NC(=O)OCc1ccccc1)C(=O)O[C@@H]1CC(=O)NC1=O. The van der Waals surface area contributed by atoms with E-state index in [-0.39, 0.29) is 18.9 Å². The predicted octanol–water partition coefficient (Wildman–Crippen LogP) is 1.29. The normalized spacial score (nSPS) is 18.6. The van der Waals surface area contributed by atoms with Gasteiger partial charge in [-0.25, -0.2) is 9.59 Å². The van der Waals surface area contributed by atoms with Crippen molar-refractivity contribution >= 4 is 23.9 Å². The van der Waals surface area contributed by atoms with Crippen molar-refractivity contribution in [2.75, 3.05) is 0 Å². The number of benzene rings is 1. The number of nitrogens with one attached hydrogen (secondary N) is 2. The van der Waals surface area contributed by atoms with Crippen LogP contribution in [-0.4, -0.2) is 36.0 Å². The van der Waals surface area contributed by atoms with Gasteiger partial charge in [-0.3, -0.25) is 14.9 Å². The molecule has 0 radical (unpaired) electrons. The summed E-state index contributed by atoms with van der Waals surface area (Å²) in [5, 5.41) is 4.55. The van der Waals surface area contributed by atoms with Gasteiger partial charge in [-0.15, -0.1) is 0 Å². The summed E-state index contributed by atoms with van der Waals surface area (Å²) in [6, 6.07) is 8.13. The highest BCUT2D eigenvalue weighted by atomic mass is 16.6. The minimum atomic E-state index is -1.16.